The zero-order valence-corrected chi connectivity index (χ0v) is 27.6. The highest BCUT2D eigenvalue weighted by Crippen LogP contribution is 2.48. The maximum absolute atomic E-state index is 7.14. The van der Waals surface area contributed by atoms with E-state index in [9.17, 15) is 0 Å². The molecular weight excluding hydrogens is 710 g/mol. The molecule has 0 aliphatic carbocycles. The van der Waals surface area contributed by atoms with Crippen molar-refractivity contribution in [2.24, 2.45) is 0 Å². The van der Waals surface area contributed by atoms with Crippen LogP contribution in [0.3, 0.4) is 0 Å². The third-order valence-electron chi connectivity index (χ3n) is 7.37. The molecule has 2 aromatic heterocycles. The summed E-state index contributed by atoms with van der Waals surface area (Å²) in [6, 6.07) is 26.0. The van der Waals surface area contributed by atoms with E-state index in [1.807, 2.05) is 65.2 Å². The molecule has 0 N–H and O–H groups in total. The summed E-state index contributed by atoms with van der Waals surface area (Å²) in [6.45, 7) is 0. The number of para-hydroxylation sites is 4. The average molecular weight is 725 g/mol. The molecule has 214 valence electrons. The van der Waals surface area contributed by atoms with Gasteiger partial charge in [-0.05, 0) is 66.2 Å². The second-order valence-electron chi connectivity index (χ2n) is 9.89. The van der Waals surface area contributed by atoms with Gasteiger partial charge >= 0.3 is 0 Å². The van der Waals surface area contributed by atoms with E-state index in [1.54, 1.807) is 24.3 Å². The van der Waals surface area contributed by atoms with E-state index in [1.165, 1.54) is 0 Å². The number of benzene rings is 5. The summed E-state index contributed by atoms with van der Waals surface area (Å²) in [5.41, 5.74) is 5.94. The highest BCUT2D eigenvalue weighted by Gasteiger charge is 2.30. The lowest BCUT2D eigenvalue weighted by Crippen LogP contribution is -2.08. The molecule has 0 fully saturated rings. The number of halogens is 8. The summed E-state index contributed by atoms with van der Waals surface area (Å²) in [4.78, 5) is 4.94. The van der Waals surface area contributed by atoms with Crippen LogP contribution >= 0.6 is 92.8 Å². The van der Waals surface area contributed by atoms with E-state index in [4.69, 9.17) is 97.8 Å². The molecule has 7 aromatic rings. The fraction of sp³-hybridized carbons (Fsp3) is 0.0312. The first-order valence-corrected chi connectivity index (χ1v) is 15.8. The maximum Gasteiger partial charge on any atom is 0.220 e. The summed E-state index contributed by atoms with van der Waals surface area (Å²) in [7, 11) is 0. The SMILES string of the molecule is Clc1cc(Cl)c(C(c2cc(Cl)c(-n3c4ccccc4n4c5ccccc5nc34)c(Cl)c2)c2c(Cl)cc(Cl)cc2Cl)c(Cl)c1. The van der Waals surface area contributed by atoms with Crippen molar-refractivity contribution in [3.8, 4) is 5.69 Å². The smallest absolute Gasteiger partial charge is 0.220 e. The summed E-state index contributed by atoms with van der Waals surface area (Å²) in [5.74, 6) is -0.00268. The Morgan fingerprint density at radius 2 is 0.977 bits per heavy atom. The molecule has 0 saturated carbocycles. The molecule has 0 radical (unpaired) electrons. The van der Waals surface area contributed by atoms with Gasteiger partial charge in [0.25, 0.3) is 0 Å². The van der Waals surface area contributed by atoms with Gasteiger partial charge in [0.2, 0.25) is 5.78 Å². The molecule has 0 atom stereocenters. The first-order chi connectivity index (χ1) is 20.6. The van der Waals surface area contributed by atoms with Crippen LogP contribution in [0.5, 0.6) is 0 Å². The van der Waals surface area contributed by atoms with Gasteiger partial charge in [0.05, 0.1) is 37.8 Å². The Balaban J connectivity index is 1.52. The predicted octanol–water partition coefficient (Wildman–Crippen LogP) is 12.8. The first kappa shape index (κ1) is 29.4. The Labute approximate surface area is 286 Å². The first-order valence-electron chi connectivity index (χ1n) is 12.8. The minimum absolute atomic E-state index is 0.322. The zero-order valence-electron chi connectivity index (χ0n) is 21.5. The Morgan fingerprint density at radius 1 is 0.512 bits per heavy atom. The van der Waals surface area contributed by atoms with E-state index >= 15 is 0 Å². The number of aromatic nitrogens is 3. The molecular formula is C32H15Cl8N3. The molecule has 0 aliphatic rings. The molecule has 0 spiro atoms. The lowest BCUT2D eigenvalue weighted by molar-refractivity contribution is 0.975. The standard InChI is InChI=1S/C32H15Cl8N3/c33-16-11-18(35)29(19(36)12-16)28(30-20(37)13-17(34)14-21(30)38)15-9-22(39)31(23(40)10-15)43-27-8-4-3-7-26(27)42-25-6-2-1-5-24(25)41-32(42)43/h1-14,28H. The highest BCUT2D eigenvalue weighted by molar-refractivity contribution is 6.41. The number of hydrogen-bond donors (Lipinski definition) is 0. The lowest BCUT2D eigenvalue weighted by Gasteiger charge is -2.25. The predicted molar refractivity (Wildman–Crippen MR) is 183 cm³/mol. The van der Waals surface area contributed by atoms with Crippen LogP contribution in [0.2, 0.25) is 40.2 Å². The van der Waals surface area contributed by atoms with Gasteiger partial charge < -0.3 is 0 Å². The van der Waals surface area contributed by atoms with Crippen LogP contribution in [0, 0.1) is 0 Å². The maximum atomic E-state index is 7.14. The van der Waals surface area contributed by atoms with Gasteiger partial charge in [-0.3, -0.25) is 8.97 Å². The molecule has 43 heavy (non-hydrogen) atoms. The second kappa shape index (κ2) is 11.2. The second-order valence-corrected chi connectivity index (χ2v) is 13.2. The quantitative estimate of drug-likeness (QED) is 0.166. The molecule has 0 amide bonds. The Bertz CT molecular complexity index is 2130. The fourth-order valence-electron chi connectivity index (χ4n) is 5.67. The highest BCUT2D eigenvalue weighted by atomic mass is 35.5. The van der Waals surface area contributed by atoms with Gasteiger partial charge in [0, 0.05) is 47.2 Å². The van der Waals surface area contributed by atoms with Crippen LogP contribution in [-0.2, 0) is 0 Å². The Kier molecular flexibility index (Phi) is 7.69. The monoisotopic (exact) mass is 721 g/mol. The van der Waals surface area contributed by atoms with Gasteiger partial charge in [0.1, 0.15) is 0 Å². The van der Waals surface area contributed by atoms with Crippen LogP contribution < -0.4 is 0 Å². The topological polar surface area (TPSA) is 22.2 Å². The largest absolute Gasteiger partial charge is 0.276 e. The van der Waals surface area contributed by atoms with Crippen molar-refractivity contribution in [2.45, 2.75) is 5.92 Å². The minimum atomic E-state index is -0.672. The molecule has 0 unspecified atom stereocenters. The molecule has 0 bridgehead atoms. The van der Waals surface area contributed by atoms with E-state index < -0.39 is 5.92 Å². The molecule has 0 aliphatic heterocycles. The summed E-state index contributed by atoms with van der Waals surface area (Å²) in [6.07, 6.45) is 0. The molecule has 0 saturated heterocycles. The van der Waals surface area contributed by atoms with Gasteiger partial charge in [0.15, 0.2) is 0 Å². The van der Waals surface area contributed by atoms with E-state index in [-0.39, 0.29) is 0 Å². The van der Waals surface area contributed by atoms with Crippen molar-refractivity contribution in [1.82, 2.24) is 14.0 Å². The van der Waals surface area contributed by atoms with E-state index in [2.05, 4.69) is 4.40 Å². The van der Waals surface area contributed by atoms with E-state index in [0.29, 0.717) is 68.3 Å². The third-order valence-corrected chi connectivity index (χ3v) is 9.63. The van der Waals surface area contributed by atoms with Gasteiger partial charge in [-0.2, -0.15) is 0 Å². The minimum Gasteiger partial charge on any atom is -0.276 e. The summed E-state index contributed by atoms with van der Waals surface area (Å²) >= 11 is 53.9. The summed E-state index contributed by atoms with van der Waals surface area (Å²) < 4.78 is 4.05. The van der Waals surface area contributed by atoms with Crippen molar-refractivity contribution in [2.75, 3.05) is 0 Å². The van der Waals surface area contributed by atoms with Crippen molar-refractivity contribution in [1.29, 1.82) is 0 Å². The summed E-state index contributed by atoms with van der Waals surface area (Å²) in [5, 5.41) is 2.79. The zero-order chi connectivity index (χ0) is 30.2. The molecule has 2 heterocycles. The molecule has 11 heteroatoms. The van der Waals surface area contributed by atoms with Crippen molar-refractivity contribution in [3.05, 3.63) is 142 Å². The van der Waals surface area contributed by atoms with Crippen LogP contribution in [0.15, 0.2) is 84.9 Å². The van der Waals surface area contributed by atoms with Gasteiger partial charge in [-0.1, -0.05) is 117 Å². The third kappa shape index (κ3) is 4.86. The van der Waals surface area contributed by atoms with Crippen LogP contribution in [0.1, 0.15) is 22.6 Å². The van der Waals surface area contributed by atoms with Gasteiger partial charge in [-0.25, -0.2) is 4.98 Å². The lowest BCUT2D eigenvalue weighted by atomic mass is 9.84. The Morgan fingerprint density at radius 3 is 1.51 bits per heavy atom. The molecule has 7 rings (SSSR count). The molecule has 5 aromatic carbocycles. The van der Waals surface area contributed by atoms with Crippen molar-refractivity contribution < 1.29 is 0 Å². The van der Waals surface area contributed by atoms with Gasteiger partial charge in [-0.15, -0.1) is 0 Å². The fourth-order valence-corrected chi connectivity index (χ4v) is 8.42. The average Bonchev–Trinajstić information content (AvgIpc) is 3.46. The number of hydrogen-bond acceptors (Lipinski definition) is 1. The Hall–Kier alpha value is -2.31. The van der Waals surface area contributed by atoms with Crippen molar-refractivity contribution in [3.63, 3.8) is 0 Å². The van der Waals surface area contributed by atoms with Crippen LogP contribution in [0.4, 0.5) is 0 Å². The van der Waals surface area contributed by atoms with Crippen LogP contribution in [-0.4, -0.2) is 14.0 Å². The van der Waals surface area contributed by atoms with Crippen LogP contribution in [0.25, 0.3) is 33.5 Å². The van der Waals surface area contributed by atoms with E-state index in [0.717, 1.165) is 22.1 Å². The van der Waals surface area contributed by atoms with Crippen molar-refractivity contribution >= 4 is 121 Å². The number of fused-ring (bicyclic) bond motifs is 5. The number of imidazole rings is 2. The molecule has 3 nitrogen and oxygen atoms in total. The number of nitrogens with zero attached hydrogens (tertiary/aromatic N) is 3. The normalized spacial score (nSPS) is 11.9. The number of rotatable bonds is 4.